The van der Waals surface area contributed by atoms with Gasteiger partial charge in [-0.1, -0.05) is 6.92 Å². The first kappa shape index (κ1) is 14.6. The van der Waals surface area contributed by atoms with E-state index in [2.05, 4.69) is 10.4 Å². The highest BCUT2D eigenvalue weighted by Crippen LogP contribution is 2.28. The molecule has 0 atom stereocenters. The molecule has 2 aromatic rings. The average molecular weight is 287 g/mol. The molecule has 0 fully saturated rings. The number of hydrogen-bond donors (Lipinski definition) is 1. The molecule has 7 heteroatoms. The Morgan fingerprint density at radius 2 is 2.15 bits per heavy atom. The van der Waals surface area contributed by atoms with Gasteiger partial charge in [0.25, 0.3) is 0 Å². The number of nitrogens with one attached hydrogen (secondary N) is 1. The Morgan fingerprint density at radius 1 is 1.40 bits per heavy atom. The van der Waals surface area contributed by atoms with Crippen molar-refractivity contribution in [1.82, 2.24) is 15.1 Å². The number of rotatable bonds is 5. The fourth-order valence-electron chi connectivity index (χ4n) is 1.85. The zero-order valence-corrected chi connectivity index (χ0v) is 11.3. The van der Waals surface area contributed by atoms with Crippen LogP contribution in [0.4, 0.5) is 13.2 Å². The first-order chi connectivity index (χ1) is 9.40. The average Bonchev–Trinajstić information content (AvgIpc) is 2.95. The smallest absolute Gasteiger partial charge is 0.419 e. The van der Waals surface area contributed by atoms with Crippen molar-refractivity contribution in [1.29, 1.82) is 0 Å². The maximum Gasteiger partial charge on any atom is 0.419 e. The van der Waals surface area contributed by atoms with Gasteiger partial charge < -0.3 is 9.73 Å². The maximum atomic E-state index is 12.5. The molecule has 0 aliphatic heterocycles. The van der Waals surface area contributed by atoms with Crippen molar-refractivity contribution in [3.63, 3.8) is 0 Å². The van der Waals surface area contributed by atoms with E-state index in [4.69, 9.17) is 4.42 Å². The van der Waals surface area contributed by atoms with Crippen LogP contribution < -0.4 is 5.32 Å². The summed E-state index contributed by atoms with van der Waals surface area (Å²) in [6.07, 6.45) is -2.54. The van der Waals surface area contributed by atoms with Gasteiger partial charge >= 0.3 is 6.18 Å². The fourth-order valence-corrected chi connectivity index (χ4v) is 1.85. The summed E-state index contributed by atoms with van der Waals surface area (Å²) >= 11 is 0. The molecule has 0 aliphatic carbocycles. The molecule has 0 bridgehead atoms. The standard InChI is InChI=1S/C13H16F3N3O/c1-3-17-6-12-4-10(9(2)20-12)7-19-8-11(5-18-19)13(14,15)16/h4-5,8,17H,3,6-7H2,1-2H3. The van der Waals surface area contributed by atoms with Crippen LogP contribution in [-0.4, -0.2) is 16.3 Å². The Bertz CT molecular complexity index is 572. The second kappa shape index (κ2) is 5.70. The number of aromatic nitrogens is 2. The Kier molecular flexibility index (Phi) is 4.17. The van der Waals surface area contributed by atoms with E-state index < -0.39 is 11.7 Å². The molecule has 20 heavy (non-hydrogen) atoms. The van der Waals surface area contributed by atoms with E-state index in [0.29, 0.717) is 12.3 Å². The van der Waals surface area contributed by atoms with Crippen LogP contribution in [0.2, 0.25) is 0 Å². The van der Waals surface area contributed by atoms with Crippen LogP contribution in [0, 0.1) is 6.92 Å². The molecular weight excluding hydrogens is 271 g/mol. The third-order valence-corrected chi connectivity index (χ3v) is 2.91. The predicted octanol–water partition coefficient (Wildman–Crippen LogP) is 2.96. The van der Waals surface area contributed by atoms with Crippen molar-refractivity contribution in [2.45, 2.75) is 33.1 Å². The van der Waals surface area contributed by atoms with E-state index in [-0.39, 0.29) is 6.54 Å². The summed E-state index contributed by atoms with van der Waals surface area (Å²) in [5, 5.41) is 6.86. The molecule has 0 saturated heterocycles. The zero-order valence-electron chi connectivity index (χ0n) is 11.3. The first-order valence-electron chi connectivity index (χ1n) is 6.28. The number of furan rings is 1. The lowest BCUT2D eigenvalue weighted by Crippen LogP contribution is -2.10. The summed E-state index contributed by atoms with van der Waals surface area (Å²) in [6, 6.07) is 1.84. The van der Waals surface area contributed by atoms with Gasteiger partial charge in [-0.3, -0.25) is 4.68 Å². The highest BCUT2D eigenvalue weighted by molar-refractivity contribution is 5.21. The van der Waals surface area contributed by atoms with Gasteiger partial charge in [-0.25, -0.2) is 0 Å². The number of halogens is 3. The van der Waals surface area contributed by atoms with Crippen molar-refractivity contribution in [3.8, 4) is 0 Å². The number of alkyl halides is 3. The van der Waals surface area contributed by atoms with Gasteiger partial charge in [0.1, 0.15) is 11.5 Å². The predicted molar refractivity (Wildman–Crippen MR) is 67.2 cm³/mol. The zero-order chi connectivity index (χ0) is 14.8. The van der Waals surface area contributed by atoms with E-state index in [1.165, 1.54) is 4.68 Å². The van der Waals surface area contributed by atoms with Crippen molar-refractivity contribution in [3.05, 3.63) is 41.1 Å². The minimum Gasteiger partial charge on any atom is -0.465 e. The summed E-state index contributed by atoms with van der Waals surface area (Å²) in [5.74, 6) is 1.46. The summed E-state index contributed by atoms with van der Waals surface area (Å²) in [5.41, 5.74) is 0.0845. The first-order valence-corrected chi connectivity index (χ1v) is 6.28. The molecule has 0 spiro atoms. The molecule has 0 saturated carbocycles. The molecule has 2 aromatic heterocycles. The normalized spacial score (nSPS) is 12.1. The van der Waals surface area contributed by atoms with E-state index in [1.54, 1.807) is 6.92 Å². The van der Waals surface area contributed by atoms with Crippen LogP contribution in [0.5, 0.6) is 0 Å². The van der Waals surface area contributed by atoms with Crippen LogP contribution in [0.15, 0.2) is 22.9 Å². The summed E-state index contributed by atoms with van der Waals surface area (Å²) in [4.78, 5) is 0. The van der Waals surface area contributed by atoms with Crippen molar-refractivity contribution in [2.24, 2.45) is 0 Å². The number of nitrogens with zero attached hydrogens (tertiary/aromatic N) is 2. The lowest BCUT2D eigenvalue weighted by Gasteiger charge is -2.01. The Morgan fingerprint density at radius 3 is 2.75 bits per heavy atom. The van der Waals surface area contributed by atoms with Crippen LogP contribution in [-0.2, 0) is 19.3 Å². The van der Waals surface area contributed by atoms with Crippen molar-refractivity contribution >= 4 is 0 Å². The van der Waals surface area contributed by atoms with E-state index in [1.807, 2.05) is 13.0 Å². The third kappa shape index (κ3) is 3.41. The van der Waals surface area contributed by atoms with Crippen molar-refractivity contribution < 1.29 is 17.6 Å². The van der Waals surface area contributed by atoms with Gasteiger partial charge in [0.2, 0.25) is 0 Å². The molecule has 2 heterocycles. The summed E-state index contributed by atoms with van der Waals surface area (Å²) in [6.45, 7) is 5.46. The second-order valence-corrected chi connectivity index (χ2v) is 4.50. The van der Waals surface area contributed by atoms with Crippen LogP contribution in [0.25, 0.3) is 0 Å². The number of hydrogen-bond acceptors (Lipinski definition) is 3. The maximum absolute atomic E-state index is 12.5. The van der Waals surface area contributed by atoms with Gasteiger partial charge in [-0.2, -0.15) is 18.3 Å². The lowest BCUT2D eigenvalue weighted by molar-refractivity contribution is -0.137. The largest absolute Gasteiger partial charge is 0.465 e. The van der Waals surface area contributed by atoms with Gasteiger partial charge in [0.05, 0.1) is 24.8 Å². The Labute approximate surface area is 114 Å². The Hall–Kier alpha value is -1.76. The van der Waals surface area contributed by atoms with Gasteiger partial charge in [0.15, 0.2) is 0 Å². The molecule has 110 valence electrons. The number of aryl methyl sites for hydroxylation is 1. The highest BCUT2D eigenvalue weighted by Gasteiger charge is 2.32. The molecule has 0 aromatic carbocycles. The van der Waals surface area contributed by atoms with E-state index in [0.717, 1.165) is 30.3 Å². The van der Waals surface area contributed by atoms with Crippen LogP contribution in [0.3, 0.4) is 0 Å². The van der Waals surface area contributed by atoms with Crippen molar-refractivity contribution in [2.75, 3.05) is 6.54 Å². The quantitative estimate of drug-likeness (QED) is 0.919. The molecule has 2 rings (SSSR count). The summed E-state index contributed by atoms with van der Waals surface area (Å²) in [7, 11) is 0. The third-order valence-electron chi connectivity index (χ3n) is 2.91. The van der Waals surface area contributed by atoms with Crippen LogP contribution in [0.1, 0.15) is 29.6 Å². The highest BCUT2D eigenvalue weighted by atomic mass is 19.4. The van der Waals surface area contributed by atoms with Gasteiger partial charge in [-0.15, -0.1) is 0 Å². The SMILES string of the molecule is CCNCc1cc(Cn2cc(C(F)(F)F)cn2)c(C)o1. The van der Waals surface area contributed by atoms with E-state index in [9.17, 15) is 13.2 Å². The Balaban J connectivity index is 2.10. The molecule has 0 radical (unpaired) electrons. The molecular formula is C13H16F3N3O. The summed E-state index contributed by atoms with van der Waals surface area (Å²) < 4.78 is 44.2. The van der Waals surface area contributed by atoms with Gasteiger partial charge in [-0.05, 0) is 19.5 Å². The fraction of sp³-hybridized carbons (Fsp3) is 0.462. The molecule has 0 amide bonds. The molecule has 0 aliphatic rings. The molecule has 4 nitrogen and oxygen atoms in total. The monoisotopic (exact) mass is 287 g/mol. The minimum atomic E-state index is -4.36. The second-order valence-electron chi connectivity index (χ2n) is 4.50. The molecule has 0 unspecified atom stereocenters. The van der Waals surface area contributed by atoms with Crippen LogP contribution >= 0.6 is 0 Å². The minimum absolute atomic E-state index is 0.261. The topological polar surface area (TPSA) is 43.0 Å². The lowest BCUT2D eigenvalue weighted by atomic mass is 10.2. The molecule has 1 N–H and O–H groups in total. The van der Waals surface area contributed by atoms with E-state index >= 15 is 0 Å². The van der Waals surface area contributed by atoms with Gasteiger partial charge in [0, 0.05) is 11.8 Å².